The van der Waals surface area contributed by atoms with Gasteiger partial charge in [0, 0.05) is 20.5 Å². The zero-order chi connectivity index (χ0) is 19.0. The summed E-state index contributed by atoms with van der Waals surface area (Å²) in [6.07, 6.45) is -0.371. The van der Waals surface area contributed by atoms with Gasteiger partial charge < -0.3 is 30.7 Å². The lowest BCUT2D eigenvalue weighted by Gasteiger charge is -2.39. The van der Waals surface area contributed by atoms with Crippen molar-refractivity contribution in [3.05, 3.63) is 11.3 Å². The maximum absolute atomic E-state index is 12.6. The third-order valence-electron chi connectivity index (χ3n) is 4.61. The minimum absolute atomic E-state index is 0.0422. The number of hydrogen-bond acceptors (Lipinski definition) is 8. The van der Waals surface area contributed by atoms with E-state index in [9.17, 15) is 24.6 Å². The van der Waals surface area contributed by atoms with Crippen LogP contribution in [-0.4, -0.2) is 58.5 Å². The highest BCUT2D eigenvalue weighted by atomic mass is 16.6. The average molecular weight is 356 g/mol. The third kappa shape index (κ3) is 3.68. The summed E-state index contributed by atoms with van der Waals surface area (Å²) in [5.41, 5.74) is 1.61. The molecule has 1 saturated carbocycles. The van der Waals surface area contributed by atoms with Crippen LogP contribution in [0.25, 0.3) is 0 Å². The summed E-state index contributed by atoms with van der Waals surface area (Å²) in [4.78, 5) is 36.6. The molecule has 2 fully saturated rings. The number of hydrogen-bond donors (Lipinski definition) is 4. The Kier molecular flexibility index (Phi) is 5.22. The molecule has 4 atom stereocenters. The predicted octanol–water partition coefficient (Wildman–Crippen LogP) is -0.576. The van der Waals surface area contributed by atoms with Gasteiger partial charge in [-0.15, -0.1) is 0 Å². The molecule has 5 N–H and O–H groups in total. The normalized spacial score (nSPS) is 39.2. The summed E-state index contributed by atoms with van der Waals surface area (Å²) in [6.45, 7) is 2.59. The Hall–Kier alpha value is -1.97. The van der Waals surface area contributed by atoms with Gasteiger partial charge in [-0.25, -0.2) is 0 Å². The molecular formula is C16H24N2O7. The lowest BCUT2D eigenvalue weighted by molar-refractivity contribution is -0.167. The van der Waals surface area contributed by atoms with Crippen LogP contribution in [0.3, 0.4) is 0 Å². The molecule has 0 bridgehead atoms. The zero-order valence-corrected chi connectivity index (χ0v) is 14.5. The molecule has 140 valence electrons. The predicted molar refractivity (Wildman–Crippen MR) is 85.2 cm³/mol. The molecule has 25 heavy (non-hydrogen) atoms. The molecule has 0 spiro atoms. The Bertz CT molecular complexity index is 628. The van der Waals surface area contributed by atoms with Gasteiger partial charge in [-0.1, -0.05) is 0 Å². The van der Waals surface area contributed by atoms with Gasteiger partial charge in [-0.2, -0.15) is 0 Å². The molecule has 1 heterocycles. The summed E-state index contributed by atoms with van der Waals surface area (Å²) < 4.78 is 10.3. The van der Waals surface area contributed by atoms with Gasteiger partial charge in [0.1, 0.15) is 12.1 Å². The summed E-state index contributed by atoms with van der Waals surface area (Å²) in [6, 6.07) is -1.03. The maximum Gasteiger partial charge on any atom is 0.325 e. The standard InChI is InChI=1S/C16H24N2O7/c1-15(23)7-6-9(24-3)12(20)11(15)13(21)16(2)18-10(19)5-4-8(17)14(22)25-16/h8-9,21,23H,4-7,17H2,1-3H3,(H,18,19)/t8-,9+,15-,16?/m0/s1. The van der Waals surface area contributed by atoms with Gasteiger partial charge in [-0.3, -0.25) is 14.4 Å². The smallest absolute Gasteiger partial charge is 0.325 e. The number of Topliss-reactive ketones (excluding diaryl/α,β-unsaturated/α-hetero) is 1. The lowest BCUT2D eigenvalue weighted by Crippen LogP contribution is -2.57. The Morgan fingerprint density at radius 2 is 1.96 bits per heavy atom. The van der Waals surface area contributed by atoms with Crippen molar-refractivity contribution in [3.63, 3.8) is 0 Å². The second-order valence-electron chi connectivity index (χ2n) is 6.77. The third-order valence-corrected chi connectivity index (χ3v) is 4.61. The van der Waals surface area contributed by atoms with Crippen molar-refractivity contribution in [1.82, 2.24) is 5.32 Å². The SMILES string of the molecule is CO[C@@H]1CC[C@](C)(O)C(=C(O)C2(C)NC(=O)CC[C@H](N)C(=O)O2)C1=O. The number of nitrogens with two attached hydrogens (primary N) is 1. The molecule has 1 saturated heterocycles. The summed E-state index contributed by atoms with van der Waals surface area (Å²) in [5.74, 6) is -2.71. The van der Waals surface area contributed by atoms with Gasteiger partial charge in [0.2, 0.25) is 11.6 Å². The summed E-state index contributed by atoms with van der Waals surface area (Å²) >= 11 is 0. The van der Waals surface area contributed by atoms with Crippen LogP contribution in [0, 0.1) is 0 Å². The van der Waals surface area contributed by atoms with Crippen LogP contribution in [0.2, 0.25) is 0 Å². The van der Waals surface area contributed by atoms with Gasteiger partial charge in [0.15, 0.2) is 11.5 Å². The van der Waals surface area contributed by atoms with E-state index in [1.54, 1.807) is 0 Å². The Morgan fingerprint density at radius 1 is 1.32 bits per heavy atom. The van der Waals surface area contributed by atoms with Crippen molar-refractivity contribution >= 4 is 17.7 Å². The maximum atomic E-state index is 12.6. The molecule has 1 amide bonds. The topological polar surface area (TPSA) is 148 Å². The molecule has 0 radical (unpaired) electrons. The highest BCUT2D eigenvalue weighted by Crippen LogP contribution is 2.36. The molecule has 1 aliphatic heterocycles. The molecule has 2 aliphatic rings. The fourth-order valence-electron chi connectivity index (χ4n) is 3.07. The van der Waals surface area contributed by atoms with Crippen molar-refractivity contribution in [2.75, 3.05) is 7.11 Å². The van der Waals surface area contributed by atoms with Crippen LogP contribution in [0.15, 0.2) is 11.3 Å². The van der Waals surface area contributed by atoms with Crippen molar-refractivity contribution < 1.29 is 34.1 Å². The molecule has 0 aromatic heterocycles. The van der Waals surface area contributed by atoms with Crippen molar-refractivity contribution in [3.8, 4) is 0 Å². The first-order chi connectivity index (χ1) is 11.5. The van der Waals surface area contributed by atoms with E-state index in [1.807, 2.05) is 0 Å². The number of carbonyl (C=O) groups is 3. The van der Waals surface area contributed by atoms with Gasteiger partial charge in [-0.05, 0) is 26.2 Å². The number of cyclic esters (lactones) is 1. The minimum atomic E-state index is -2.02. The average Bonchev–Trinajstić information content (AvgIpc) is 2.51. The first-order valence-corrected chi connectivity index (χ1v) is 8.05. The first-order valence-electron chi connectivity index (χ1n) is 8.05. The number of aliphatic hydroxyl groups is 2. The van der Waals surface area contributed by atoms with Crippen LogP contribution in [0.5, 0.6) is 0 Å². The number of methoxy groups -OCH3 is 1. The van der Waals surface area contributed by atoms with E-state index >= 15 is 0 Å². The van der Waals surface area contributed by atoms with E-state index < -0.39 is 46.9 Å². The molecule has 1 unspecified atom stereocenters. The number of carbonyl (C=O) groups excluding carboxylic acids is 3. The fourth-order valence-corrected chi connectivity index (χ4v) is 3.07. The van der Waals surface area contributed by atoms with Crippen molar-refractivity contribution in [2.45, 2.75) is 63.0 Å². The molecule has 9 nitrogen and oxygen atoms in total. The van der Waals surface area contributed by atoms with Gasteiger partial charge in [0.05, 0.1) is 11.2 Å². The van der Waals surface area contributed by atoms with E-state index in [2.05, 4.69) is 5.32 Å². The molecular weight excluding hydrogens is 332 g/mol. The lowest BCUT2D eigenvalue weighted by atomic mass is 9.77. The van der Waals surface area contributed by atoms with E-state index in [0.717, 1.165) is 0 Å². The number of ether oxygens (including phenoxy) is 2. The Balaban J connectivity index is 2.53. The monoisotopic (exact) mass is 356 g/mol. The highest BCUT2D eigenvalue weighted by molar-refractivity contribution is 6.02. The van der Waals surface area contributed by atoms with Crippen LogP contribution in [-0.2, 0) is 23.9 Å². The largest absolute Gasteiger partial charge is 0.506 e. The van der Waals surface area contributed by atoms with Crippen molar-refractivity contribution in [2.24, 2.45) is 5.73 Å². The molecule has 1 aliphatic carbocycles. The van der Waals surface area contributed by atoms with E-state index in [1.165, 1.54) is 21.0 Å². The summed E-state index contributed by atoms with van der Waals surface area (Å²) in [7, 11) is 1.34. The molecule has 9 heteroatoms. The number of nitrogens with one attached hydrogen (secondary N) is 1. The van der Waals surface area contributed by atoms with Crippen LogP contribution >= 0.6 is 0 Å². The Morgan fingerprint density at radius 3 is 2.56 bits per heavy atom. The first kappa shape index (κ1) is 19.4. The number of ketones is 1. The van der Waals surface area contributed by atoms with E-state index in [-0.39, 0.29) is 31.3 Å². The quantitative estimate of drug-likeness (QED) is 0.292. The van der Waals surface area contributed by atoms with Crippen LogP contribution in [0.1, 0.15) is 39.5 Å². The number of amides is 1. The zero-order valence-electron chi connectivity index (χ0n) is 14.5. The van der Waals surface area contributed by atoms with Gasteiger partial charge >= 0.3 is 5.97 Å². The molecule has 0 aromatic carbocycles. The minimum Gasteiger partial charge on any atom is -0.506 e. The van der Waals surface area contributed by atoms with Crippen molar-refractivity contribution in [1.29, 1.82) is 0 Å². The Labute approximate surface area is 145 Å². The highest BCUT2D eigenvalue weighted by Gasteiger charge is 2.49. The van der Waals surface area contributed by atoms with Gasteiger partial charge in [0.25, 0.3) is 0 Å². The molecule has 2 rings (SSSR count). The number of aliphatic hydroxyl groups excluding tert-OH is 1. The fraction of sp³-hybridized carbons (Fsp3) is 0.688. The van der Waals surface area contributed by atoms with Crippen LogP contribution in [0.4, 0.5) is 0 Å². The number of esters is 1. The number of rotatable bonds is 2. The van der Waals surface area contributed by atoms with E-state index in [0.29, 0.717) is 0 Å². The summed E-state index contributed by atoms with van der Waals surface area (Å²) in [5, 5.41) is 23.7. The van der Waals surface area contributed by atoms with E-state index in [4.69, 9.17) is 15.2 Å². The van der Waals surface area contributed by atoms with Crippen LogP contribution < -0.4 is 11.1 Å². The second-order valence-corrected chi connectivity index (χ2v) is 6.77. The molecule has 0 aromatic rings. The second kappa shape index (κ2) is 6.74.